The molecule has 0 saturated carbocycles. The van der Waals surface area contributed by atoms with Gasteiger partial charge < -0.3 is 14.8 Å². The van der Waals surface area contributed by atoms with Crippen LogP contribution in [-0.2, 0) is 20.9 Å². The third-order valence-electron chi connectivity index (χ3n) is 3.70. The summed E-state index contributed by atoms with van der Waals surface area (Å²) in [5.74, 6) is -0.697. The zero-order valence-corrected chi connectivity index (χ0v) is 14.1. The van der Waals surface area contributed by atoms with E-state index in [0.29, 0.717) is 17.9 Å². The smallest absolute Gasteiger partial charge is 0.338 e. The Hall–Kier alpha value is -2.66. The highest BCUT2D eigenvalue weighted by Gasteiger charge is 2.13. The summed E-state index contributed by atoms with van der Waals surface area (Å²) >= 11 is 0. The molecule has 1 N–H and O–H groups in total. The van der Waals surface area contributed by atoms with Crippen molar-refractivity contribution >= 4 is 17.6 Å². The Bertz CT molecular complexity index is 726. The SMILES string of the molecule is COC(=O)c1cc(NC(=O)COCc2ccccc2)cc(C)c1C. The molecule has 0 saturated heterocycles. The fourth-order valence-corrected chi connectivity index (χ4v) is 2.29. The van der Waals surface area contributed by atoms with Crippen molar-refractivity contribution in [2.75, 3.05) is 19.0 Å². The number of rotatable bonds is 6. The summed E-state index contributed by atoms with van der Waals surface area (Å²) in [6.07, 6.45) is 0. The number of benzene rings is 2. The van der Waals surface area contributed by atoms with Gasteiger partial charge in [0.1, 0.15) is 6.61 Å². The highest BCUT2D eigenvalue weighted by Crippen LogP contribution is 2.20. The molecule has 0 atom stereocenters. The van der Waals surface area contributed by atoms with Crippen LogP contribution in [0.25, 0.3) is 0 Å². The van der Waals surface area contributed by atoms with Crippen molar-refractivity contribution in [3.8, 4) is 0 Å². The van der Waals surface area contributed by atoms with Crippen LogP contribution in [0, 0.1) is 13.8 Å². The summed E-state index contributed by atoms with van der Waals surface area (Å²) in [5.41, 5.74) is 3.73. The molecule has 0 radical (unpaired) electrons. The van der Waals surface area contributed by atoms with Gasteiger partial charge >= 0.3 is 5.97 Å². The standard InChI is InChI=1S/C19H21NO4/c1-13-9-16(10-17(14(13)2)19(22)23-3)20-18(21)12-24-11-15-7-5-4-6-8-15/h4-10H,11-12H2,1-3H3,(H,20,21). The zero-order valence-electron chi connectivity index (χ0n) is 14.1. The molecule has 0 aliphatic rings. The summed E-state index contributed by atoms with van der Waals surface area (Å²) in [5, 5.41) is 2.74. The molecule has 0 aromatic heterocycles. The predicted molar refractivity (Wildman–Crippen MR) is 92.0 cm³/mol. The number of hydrogen-bond donors (Lipinski definition) is 1. The first-order chi connectivity index (χ1) is 11.5. The predicted octanol–water partition coefficient (Wildman–Crippen LogP) is 3.25. The van der Waals surface area contributed by atoms with E-state index >= 15 is 0 Å². The molecule has 0 spiro atoms. The Labute approximate surface area is 141 Å². The summed E-state index contributed by atoms with van der Waals surface area (Å²) in [7, 11) is 1.33. The van der Waals surface area contributed by atoms with Gasteiger partial charge in [0.25, 0.3) is 0 Å². The topological polar surface area (TPSA) is 64.6 Å². The van der Waals surface area contributed by atoms with Gasteiger partial charge in [-0.25, -0.2) is 4.79 Å². The molecule has 5 nitrogen and oxygen atoms in total. The number of carbonyl (C=O) groups excluding carboxylic acids is 2. The van der Waals surface area contributed by atoms with E-state index in [-0.39, 0.29) is 12.5 Å². The number of aryl methyl sites for hydroxylation is 1. The van der Waals surface area contributed by atoms with Gasteiger partial charge in [0, 0.05) is 5.69 Å². The normalized spacial score (nSPS) is 10.3. The van der Waals surface area contributed by atoms with Crippen LogP contribution in [0.5, 0.6) is 0 Å². The molecule has 2 aromatic rings. The number of anilines is 1. The maximum Gasteiger partial charge on any atom is 0.338 e. The molecule has 0 fully saturated rings. The Morgan fingerprint density at radius 3 is 2.46 bits per heavy atom. The van der Waals surface area contributed by atoms with E-state index in [1.165, 1.54) is 7.11 Å². The molecular formula is C19H21NO4. The highest BCUT2D eigenvalue weighted by molar-refractivity contribution is 5.96. The van der Waals surface area contributed by atoms with Crippen molar-refractivity contribution in [3.05, 3.63) is 64.7 Å². The lowest BCUT2D eigenvalue weighted by molar-refractivity contribution is -0.121. The molecule has 1 amide bonds. The largest absolute Gasteiger partial charge is 0.465 e. The monoisotopic (exact) mass is 327 g/mol. The zero-order chi connectivity index (χ0) is 17.5. The molecule has 0 unspecified atom stereocenters. The van der Waals surface area contributed by atoms with Crippen LogP contribution in [0.3, 0.4) is 0 Å². The number of methoxy groups -OCH3 is 1. The minimum Gasteiger partial charge on any atom is -0.465 e. The van der Waals surface area contributed by atoms with Crippen LogP contribution < -0.4 is 5.32 Å². The van der Waals surface area contributed by atoms with E-state index in [4.69, 9.17) is 9.47 Å². The van der Waals surface area contributed by atoms with E-state index in [0.717, 1.165) is 16.7 Å². The van der Waals surface area contributed by atoms with Crippen LogP contribution in [0.1, 0.15) is 27.0 Å². The van der Waals surface area contributed by atoms with E-state index in [9.17, 15) is 9.59 Å². The quantitative estimate of drug-likeness (QED) is 0.827. The first-order valence-corrected chi connectivity index (χ1v) is 7.62. The van der Waals surface area contributed by atoms with Crippen molar-refractivity contribution in [2.24, 2.45) is 0 Å². The summed E-state index contributed by atoms with van der Waals surface area (Å²) in [4.78, 5) is 23.8. The van der Waals surface area contributed by atoms with Crippen LogP contribution >= 0.6 is 0 Å². The van der Waals surface area contributed by atoms with Crippen LogP contribution in [0.2, 0.25) is 0 Å². The van der Waals surface area contributed by atoms with E-state index in [1.54, 1.807) is 6.07 Å². The molecular weight excluding hydrogens is 306 g/mol. The fraction of sp³-hybridized carbons (Fsp3) is 0.263. The fourth-order valence-electron chi connectivity index (χ4n) is 2.29. The van der Waals surface area contributed by atoms with Gasteiger partial charge in [-0.1, -0.05) is 30.3 Å². The number of hydrogen-bond acceptors (Lipinski definition) is 4. The van der Waals surface area contributed by atoms with E-state index in [2.05, 4.69) is 5.32 Å². The second kappa shape index (κ2) is 8.26. The molecule has 5 heteroatoms. The van der Waals surface area contributed by atoms with E-state index < -0.39 is 5.97 Å². The highest BCUT2D eigenvalue weighted by atomic mass is 16.5. The Balaban J connectivity index is 1.96. The summed E-state index contributed by atoms with van der Waals surface area (Å²) in [6, 6.07) is 13.1. The molecule has 0 bridgehead atoms. The second-order valence-corrected chi connectivity index (χ2v) is 5.48. The third-order valence-corrected chi connectivity index (χ3v) is 3.70. The van der Waals surface area contributed by atoms with Crippen molar-refractivity contribution in [3.63, 3.8) is 0 Å². The number of amides is 1. The molecule has 0 heterocycles. The van der Waals surface area contributed by atoms with Crippen LogP contribution in [0.15, 0.2) is 42.5 Å². The van der Waals surface area contributed by atoms with Gasteiger partial charge in [-0.2, -0.15) is 0 Å². The molecule has 2 aromatic carbocycles. The average Bonchev–Trinajstić information content (AvgIpc) is 2.58. The van der Waals surface area contributed by atoms with Gasteiger partial charge in [0.2, 0.25) is 5.91 Å². The van der Waals surface area contributed by atoms with Crippen molar-refractivity contribution in [1.29, 1.82) is 0 Å². The maximum atomic E-state index is 12.0. The molecule has 24 heavy (non-hydrogen) atoms. The second-order valence-electron chi connectivity index (χ2n) is 5.48. The summed E-state index contributed by atoms with van der Waals surface area (Å²) < 4.78 is 10.2. The number of esters is 1. The van der Waals surface area contributed by atoms with Crippen LogP contribution in [-0.4, -0.2) is 25.6 Å². The maximum absolute atomic E-state index is 12.0. The van der Waals surface area contributed by atoms with Gasteiger partial charge in [-0.15, -0.1) is 0 Å². The lowest BCUT2D eigenvalue weighted by Crippen LogP contribution is -2.19. The number of carbonyl (C=O) groups is 2. The lowest BCUT2D eigenvalue weighted by atomic mass is 10.0. The first kappa shape index (κ1) is 17.7. The molecule has 0 aliphatic heterocycles. The number of nitrogens with one attached hydrogen (secondary N) is 1. The molecule has 2 rings (SSSR count). The Morgan fingerprint density at radius 2 is 1.79 bits per heavy atom. The Morgan fingerprint density at radius 1 is 1.08 bits per heavy atom. The van der Waals surface area contributed by atoms with Gasteiger partial charge in [-0.05, 0) is 42.7 Å². The van der Waals surface area contributed by atoms with Crippen LogP contribution in [0.4, 0.5) is 5.69 Å². The minimum absolute atomic E-state index is 0.0601. The van der Waals surface area contributed by atoms with Gasteiger partial charge in [-0.3, -0.25) is 4.79 Å². The summed E-state index contributed by atoms with van der Waals surface area (Å²) in [6.45, 7) is 4.03. The number of ether oxygens (including phenoxy) is 2. The van der Waals surface area contributed by atoms with Gasteiger partial charge in [0.15, 0.2) is 0 Å². The average molecular weight is 327 g/mol. The first-order valence-electron chi connectivity index (χ1n) is 7.62. The Kier molecular flexibility index (Phi) is 6.09. The third kappa shape index (κ3) is 4.67. The van der Waals surface area contributed by atoms with Crippen molar-refractivity contribution in [1.82, 2.24) is 0 Å². The van der Waals surface area contributed by atoms with Gasteiger partial charge in [0.05, 0.1) is 19.3 Å². The van der Waals surface area contributed by atoms with E-state index in [1.807, 2.05) is 50.2 Å². The lowest BCUT2D eigenvalue weighted by Gasteiger charge is -2.12. The molecule has 0 aliphatic carbocycles. The van der Waals surface area contributed by atoms with Crippen molar-refractivity contribution in [2.45, 2.75) is 20.5 Å². The minimum atomic E-state index is -0.424. The van der Waals surface area contributed by atoms with Crippen molar-refractivity contribution < 1.29 is 19.1 Å². The molecule has 126 valence electrons.